The van der Waals surface area contributed by atoms with Gasteiger partial charge in [-0.25, -0.2) is 4.98 Å². The zero-order chi connectivity index (χ0) is 18.9. The predicted octanol–water partition coefficient (Wildman–Crippen LogP) is 5.52. The van der Waals surface area contributed by atoms with E-state index in [-0.39, 0.29) is 0 Å². The summed E-state index contributed by atoms with van der Waals surface area (Å²) in [6.07, 6.45) is 4.57. The van der Waals surface area contributed by atoms with E-state index in [9.17, 15) is 0 Å². The van der Waals surface area contributed by atoms with Crippen LogP contribution in [0.15, 0.2) is 48.5 Å². The molecule has 1 aliphatic carbocycles. The fourth-order valence-electron chi connectivity index (χ4n) is 2.85. The van der Waals surface area contributed by atoms with Crippen molar-refractivity contribution in [3.8, 4) is 0 Å². The number of carbonyl (C=O) groups excluding carboxylic acids is 1. The largest absolute Gasteiger partial charge is 0.328 e. The highest BCUT2D eigenvalue weighted by molar-refractivity contribution is 5.76. The van der Waals surface area contributed by atoms with Crippen LogP contribution in [0.2, 0.25) is 0 Å². The van der Waals surface area contributed by atoms with Gasteiger partial charge in [0, 0.05) is 13.0 Å². The number of fused-ring (bicyclic) bond motifs is 1. The van der Waals surface area contributed by atoms with Gasteiger partial charge in [0.2, 0.25) is 0 Å². The molecule has 0 spiro atoms. The second kappa shape index (κ2) is 9.91. The van der Waals surface area contributed by atoms with Crippen molar-refractivity contribution in [2.24, 2.45) is 5.92 Å². The minimum Gasteiger partial charge on any atom is -0.328 e. The molecule has 1 saturated carbocycles. The van der Waals surface area contributed by atoms with E-state index in [0.717, 1.165) is 24.1 Å². The van der Waals surface area contributed by atoms with Crippen LogP contribution in [0.25, 0.3) is 11.0 Å². The van der Waals surface area contributed by atoms with Crippen molar-refractivity contribution in [2.45, 2.75) is 53.5 Å². The van der Waals surface area contributed by atoms with Crippen molar-refractivity contribution >= 4 is 17.3 Å². The Morgan fingerprint density at radius 2 is 1.73 bits per heavy atom. The highest BCUT2D eigenvalue weighted by atomic mass is 16.1. The summed E-state index contributed by atoms with van der Waals surface area (Å²) in [5, 5.41) is 0. The average Bonchev–Trinajstić information content (AvgIpc) is 3.39. The Hall–Kier alpha value is -2.42. The number of hydrogen-bond acceptors (Lipinski definition) is 2. The maximum Gasteiger partial charge on any atom is 0.116 e. The summed E-state index contributed by atoms with van der Waals surface area (Å²) < 4.78 is 2.43. The third-order valence-corrected chi connectivity index (χ3v) is 4.38. The Kier molecular flexibility index (Phi) is 7.58. The van der Waals surface area contributed by atoms with Gasteiger partial charge in [-0.2, -0.15) is 0 Å². The molecule has 0 unspecified atom stereocenters. The predicted molar refractivity (Wildman–Crippen MR) is 109 cm³/mol. The number of aryl methyl sites for hydroxylation is 3. The zero-order valence-electron chi connectivity index (χ0n) is 16.4. The third kappa shape index (κ3) is 5.83. The standard InChI is InChI=1S/C14H18N2.C7H8.C2H4O/c1-3-14-15-12-7-4-10(2)8-13(12)16(14)9-11-5-6-11;1-7-5-3-2-4-6-7;1-2-3/h4,7-8,11H,3,5-6,9H2,1-2H3;2-6H,1H3;2H,1H3. The summed E-state index contributed by atoms with van der Waals surface area (Å²) in [4.78, 5) is 13.5. The first-order valence-electron chi connectivity index (χ1n) is 9.46. The van der Waals surface area contributed by atoms with Gasteiger partial charge in [-0.05, 0) is 57.2 Å². The second-order valence-corrected chi connectivity index (χ2v) is 6.82. The first-order valence-corrected chi connectivity index (χ1v) is 9.46. The van der Waals surface area contributed by atoms with Crippen LogP contribution in [0.3, 0.4) is 0 Å². The Labute approximate surface area is 157 Å². The molecule has 3 heteroatoms. The lowest BCUT2D eigenvalue weighted by Gasteiger charge is -2.06. The number of nitrogens with zero attached hydrogens (tertiary/aromatic N) is 2. The molecule has 138 valence electrons. The fourth-order valence-corrected chi connectivity index (χ4v) is 2.85. The van der Waals surface area contributed by atoms with E-state index in [2.05, 4.69) is 55.7 Å². The SMILES string of the molecule is CC=O.CCc1nc2ccc(C)cc2n1CC1CC1.Cc1ccccc1. The number of imidazole rings is 1. The van der Waals surface area contributed by atoms with Gasteiger partial charge in [-0.1, -0.05) is 48.9 Å². The van der Waals surface area contributed by atoms with Gasteiger partial charge >= 0.3 is 0 Å². The molecule has 1 aromatic heterocycles. The molecule has 0 N–H and O–H groups in total. The fraction of sp³-hybridized carbons (Fsp3) is 0.391. The maximum atomic E-state index is 8.81. The molecule has 0 bridgehead atoms. The summed E-state index contributed by atoms with van der Waals surface area (Å²) in [6.45, 7) is 9.04. The maximum absolute atomic E-state index is 8.81. The minimum absolute atomic E-state index is 0.750. The van der Waals surface area contributed by atoms with Crippen molar-refractivity contribution in [1.82, 2.24) is 9.55 Å². The van der Waals surface area contributed by atoms with Crippen molar-refractivity contribution < 1.29 is 4.79 Å². The van der Waals surface area contributed by atoms with E-state index < -0.39 is 0 Å². The highest BCUT2D eigenvalue weighted by Crippen LogP contribution is 2.32. The molecule has 3 nitrogen and oxygen atoms in total. The van der Waals surface area contributed by atoms with E-state index in [1.807, 2.05) is 18.2 Å². The molecular weight excluding hydrogens is 320 g/mol. The van der Waals surface area contributed by atoms with Crippen LogP contribution in [0, 0.1) is 19.8 Å². The molecule has 1 fully saturated rings. The molecule has 1 aliphatic rings. The molecular formula is C23H30N2O. The Morgan fingerprint density at radius 3 is 2.23 bits per heavy atom. The molecule has 3 aromatic rings. The number of hydrogen-bond donors (Lipinski definition) is 0. The molecule has 0 amide bonds. The molecule has 2 aromatic carbocycles. The summed E-state index contributed by atoms with van der Waals surface area (Å²) in [7, 11) is 0. The number of benzene rings is 2. The first kappa shape index (κ1) is 19.9. The molecule has 0 saturated heterocycles. The summed E-state index contributed by atoms with van der Waals surface area (Å²) in [6, 6.07) is 16.8. The van der Waals surface area contributed by atoms with E-state index in [0.29, 0.717) is 0 Å². The molecule has 26 heavy (non-hydrogen) atoms. The van der Waals surface area contributed by atoms with Crippen LogP contribution in [0.4, 0.5) is 0 Å². The summed E-state index contributed by atoms with van der Waals surface area (Å²) >= 11 is 0. The Morgan fingerprint density at radius 1 is 1.08 bits per heavy atom. The van der Waals surface area contributed by atoms with Gasteiger partial charge in [0.25, 0.3) is 0 Å². The average molecular weight is 351 g/mol. The molecule has 4 rings (SSSR count). The monoisotopic (exact) mass is 350 g/mol. The molecule has 0 aliphatic heterocycles. The quantitative estimate of drug-likeness (QED) is 0.583. The normalized spacial score (nSPS) is 12.6. The minimum atomic E-state index is 0.750. The van der Waals surface area contributed by atoms with E-state index >= 15 is 0 Å². The topological polar surface area (TPSA) is 34.9 Å². The van der Waals surface area contributed by atoms with Crippen LogP contribution in [-0.2, 0) is 17.8 Å². The summed E-state index contributed by atoms with van der Waals surface area (Å²) in [5.74, 6) is 2.15. The van der Waals surface area contributed by atoms with Gasteiger partial charge in [0.05, 0.1) is 11.0 Å². The van der Waals surface area contributed by atoms with E-state index in [1.54, 1.807) is 0 Å². The lowest BCUT2D eigenvalue weighted by atomic mass is 10.2. The van der Waals surface area contributed by atoms with E-state index in [1.165, 1.54) is 48.8 Å². The second-order valence-electron chi connectivity index (χ2n) is 6.82. The number of aromatic nitrogens is 2. The van der Waals surface area contributed by atoms with E-state index in [4.69, 9.17) is 9.78 Å². The zero-order valence-corrected chi connectivity index (χ0v) is 16.4. The van der Waals surface area contributed by atoms with Crippen LogP contribution in [0.1, 0.15) is 43.6 Å². The van der Waals surface area contributed by atoms with Crippen LogP contribution in [0.5, 0.6) is 0 Å². The van der Waals surface area contributed by atoms with Gasteiger partial charge in [-0.3, -0.25) is 0 Å². The van der Waals surface area contributed by atoms with Gasteiger partial charge in [0.1, 0.15) is 12.1 Å². The molecule has 0 radical (unpaired) electrons. The lowest BCUT2D eigenvalue weighted by Crippen LogP contribution is -2.04. The van der Waals surface area contributed by atoms with Gasteiger partial charge in [-0.15, -0.1) is 0 Å². The number of aldehydes is 1. The molecule has 1 heterocycles. The lowest BCUT2D eigenvalue weighted by molar-refractivity contribution is -0.106. The smallest absolute Gasteiger partial charge is 0.116 e. The highest BCUT2D eigenvalue weighted by Gasteiger charge is 2.23. The number of carbonyl (C=O) groups is 1. The molecule has 0 atom stereocenters. The first-order chi connectivity index (χ1) is 12.6. The van der Waals surface area contributed by atoms with Crippen molar-refractivity contribution in [1.29, 1.82) is 0 Å². The number of rotatable bonds is 3. The van der Waals surface area contributed by atoms with Crippen molar-refractivity contribution in [3.05, 3.63) is 65.5 Å². The van der Waals surface area contributed by atoms with Crippen molar-refractivity contribution in [3.63, 3.8) is 0 Å². The Balaban J connectivity index is 0.000000203. The van der Waals surface area contributed by atoms with Crippen LogP contribution < -0.4 is 0 Å². The van der Waals surface area contributed by atoms with Gasteiger partial charge in [0.15, 0.2) is 0 Å². The summed E-state index contributed by atoms with van der Waals surface area (Å²) in [5.41, 5.74) is 5.13. The van der Waals surface area contributed by atoms with Crippen LogP contribution in [-0.4, -0.2) is 15.8 Å². The van der Waals surface area contributed by atoms with Crippen molar-refractivity contribution in [2.75, 3.05) is 0 Å². The van der Waals surface area contributed by atoms with Gasteiger partial charge < -0.3 is 9.36 Å². The Bertz CT molecular complexity index is 817. The third-order valence-electron chi connectivity index (χ3n) is 4.38. The van der Waals surface area contributed by atoms with Crippen LogP contribution >= 0.6 is 0 Å².